The summed E-state index contributed by atoms with van der Waals surface area (Å²) < 4.78 is 6.28. The van der Waals surface area contributed by atoms with Gasteiger partial charge < -0.3 is 25.7 Å². The van der Waals surface area contributed by atoms with Crippen LogP contribution in [0, 0.1) is 0 Å². The third-order valence-corrected chi connectivity index (χ3v) is 5.74. The fourth-order valence-electron chi connectivity index (χ4n) is 3.55. The van der Waals surface area contributed by atoms with Crippen LogP contribution in [0.1, 0.15) is 25.7 Å². The number of anilines is 2. The second kappa shape index (κ2) is 7.34. The molecule has 1 aliphatic heterocycles. The van der Waals surface area contributed by atoms with E-state index in [1.165, 1.54) is 0 Å². The number of nitrogens with one attached hydrogen (secondary N) is 2. The Morgan fingerprint density at radius 3 is 2.96 bits per heavy atom. The first-order valence-corrected chi connectivity index (χ1v) is 9.36. The first kappa shape index (κ1) is 19.4. The van der Waals surface area contributed by atoms with Crippen LogP contribution < -0.4 is 16.0 Å². The number of pyridine rings is 1. The zero-order chi connectivity index (χ0) is 17.6. The Morgan fingerprint density at radius 1 is 1.54 bits per heavy atom. The molecule has 2 fully saturated rings. The van der Waals surface area contributed by atoms with Gasteiger partial charge in [-0.05, 0) is 41.6 Å². The van der Waals surface area contributed by atoms with Gasteiger partial charge in [0, 0.05) is 38.6 Å². The van der Waals surface area contributed by atoms with E-state index < -0.39 is 5.60 Å². The van der Waals surface area contributed by atoms with Crippen molar-refractivity contribution in [3.63, 3.8) is 0 Å². The van der Waals surface area contributed by atoms with E-state index in [4.69, 9.17) is 10.5 Å². The largest absolute Gasteiger partial charge is 0.368 e. The Kier molecular flexibility index (Phi) is 5.48. The van der Waals surface area contributed by atoms with Gasteiger partial charge in [-0.3, -0.25) is 4.79 Å². The first-order valence-electron chi connectivity index (χ1n) is 8.57. The summed E-state index contributed by atoms with van der Waals surface area (Å²) >= 11 is 3.63. The highest BCUT2D eigenvalue weighted by molar-refractivity contribution is 9.10. The second-order valence-corrected chi connectivity index (χ2v) is 7.74. The summed E-state index contributed by atoms with van der Waals surface area (Å²) in [7, 11) is 1.58. The third-order valence-electron chi connectivity index (χ3n) is 5.16. The molecule has 0 aromatic carbocycles. The number of halogens is 2. The Hall–Kier alpha value is -1.35. The van der Waals surface area contributed by atoms with Gasteiger partial charge in [0.15, 0.2) is 0 Å². The Balaban J connectivity index is 0.00000196. The highest BCUT2D eigenvalue weighted by Crippen LogP contribution is 2.42. The molecular weight excluding hydrogens is 422 g/mol. The van der Waals surface area contributed by atoms with Crippen molar-refractivity contribution in [1.29, 1.82) is 0 Å². The number of aromatic amines is 1. The minimum absolute atomic E-state index is 0. The average molecular weight is 445 g/mol. The van der Waals surface area contributed by atoms with E-state index in [1.807, 2.05) is 0 Å². The van der Waals surface area contributed by atoms with Crippen LogP contribution in [0.2, 0.25) is 0 Å². The number of hydrogen-bond acceptors (Lipinski definition) is 5. The summed E-state index contributed by atoms with van der Waals surface area (Å²) in [6.07, 6.45) is 7.19. The number of nitrogens with zero attached hydrogens (tertiary/aromatic N) is 2. The van der Waals surface area contributed by atoms with Gasteiger partial charge in [-0.2, -0.15) is 0 Å². The lowest BCUT2D eigenvalue weighted by molar-refractivity contribution is -0.128. The van der Waals surface area contributed by atoms with E-state index in [-0.39, 0.29) is 24.4 Å². The molecule has 26 heavy (non-hydrogen) atoms. The maximum atomic E-state index is 12.6. The highest BCUT2D eigenvalue weighted by atomic mass is 79.9. The van der Waals surface area contributed by atoms with Crippen molar-refractivity contribution in [2.75, 3.05) is 30.4 Å². The summed E-state index contributed by atoms with van der Waals surface area (Å²) in [4.78, 5) is 22.4. The smallest absolute Gasteiger partial charge is 0.256 e. The SMILES string of the molecule is COC1(C(=O)Nc2c[nH]c3ncc(Br)c(N4CCCC(N)C4)c23)CC1.Cl. The van der Waals surface area contributed by atoms with Crippen molar-refractivity contribution < 1.29 is 9.53 Å². The van der Waals surface area contributed by atoms with E-state index in [0.717, 1.165) is 65.7 Å². The van der Waals surface area contributed by atoms with Crippen molar-refractivity contribution >= 4 is 56.7 Å². The summed E-state index contributed by atoms with van der Waals surface area (Å²) in [5, 5.41) is 3.93. The van der Waals surface area contributed by atoms with Crippen LogP contribution in [0.4, 0.5) is 11.4 Å². The molecule has 1 atom stereocenters. The van der Waals surface area contributed by atoms with E-state index >= 15 is 0 Å². The summed E-state index contributed by atoms with van der Waals surface area (Å²) in [5.41, 5.74) is 8.00. The predicted molar refractivity (Wildman–Crippen MR) is 108 cm³/mol. The van der Waals surface area contributed by atoms with Gasteiger partial charge in [0.25, 0.3) is 5.91 Å². The van der Waals surface area contributed by atoms with Crippen LogP contribution >= 0.6 is 28.3 Å². The number of hydrogen-bond donors (Lipinski definition) is 3. The van der Waals surface area contributed by atoms with Crippen LogP contribution in [0.15, 0.2) is 16.9 Å². The van der Waals surface area contributed by atoms with Gasteiger partial charge in [0.05, 0.1) is 21.2 Å². The maximum absolute atomic E-state index is 12.6. The van der Waals surface area contributed by atoms with E-state index in [9.17, 15) is 4.79 Å². The standard InChI is InChI=1S/C17H22BrN5O2.ClH/c1-25-17(4-5-17)16(24)22-12-8-21-15-13(12)14(11(18)7-20-15)23-6-2-3-10(19)9-23;/h7-8,10H,2-6,9,19H2,1H3,(H,20,21)(H,22,24);1H. The van der Waals surface area contributed by atoms with Gasteiger partial charge in [-0.1, -0.05) is 0 Å². The quantitative estimate of drug-likeness (QED) is 0.674. The van der Waals surface area contributed by atoms with Crippen molar-refractivity contribution in [2.24, 2.45) is 5.73 Å². The molecule has 2 aromatic rings. The number of piperidine rings is 1. The number of aromatic nitrogens is 2. The molecule has 7 nitrogen and oxygen atoms in total. The van der Waals surface area contributed by atoms with Gasteiger partial charge >= 0.3 is 0 Å². The molecule has 0 spiro atoms. The predicted octanol–water partition coefficient (Wildman–Crippen LogP) is 2.79. The van der Waals surface area contributed by atoms with Crippen LogP contribution in [0.5, 0.6) is 0 Å². The normalized spacial score (nSPS) is 21.3. The van der Waals surface area contributed by atoms with E-state index in [0.29, 0.717) is 0 Å². The molecule has 1 amide bonds. The third kappa shape index (κ3) is 3.31. The number of carbonyl (C=O) groups excluding carboxylic acids is 1. The molecular formula is C17H23BrClN5O2. The number of amides is 1. The summed E-state index contributed by atoms with van der Waals surface area (Å²) in [6, 6.07) is 0.157. The first-order chi connectivity index (χ1) is 12.0. The lowest BCUT2D eigenvalue weighted by atomic mass is 10.1. The van der Waals surface area contributed by atoms with Gasteiger partial charge in [0.2, 0.25) is 0 Å². The van der Waals surface area contributed by atoms with Crippen molar-refractivity contribution in [3.8, 4) is 0 Å². The molecule has 0 radical (unpaired) electrons. The number of rotatable bonds is 4. The van der Waals surface area contributed by atoms with Crippen LogP contribution in [-0.4, -0.2) is 47.7 Å². The minimum atomic E-state index is -0.670. The molecule has 4 rings (SSSR count). The molecule has 2 aromatic heterocycles. The topological polar surface area (TPSA) is 96.3 Å². The van der Waals surface area contributed by atoms with Gasteiger partial charge in [-0.15, -0.1) is 12.4 Å². The lowest BCUT2D eigenvalue weighted by Gasteiger charge is -2.33. The van der Waals surface area contributed by atoms with Crippen LogP contribution in [0.25, 0.3) is 11.0 Å². The van der Waals surface area contributed by atoms with Gasteiger partial charge in [0.1, 0.15) is 11.2 Å². The van der Waals surface area contributed by atoms with E-state index in [1.54, 1.807) is 19.5 Å². The average Bonchev–Trinajstić information content (AvgIpc) is 3.31. The number of nitrogens with two attached hydrogens (primary N) is 1. The highest BCUT2D eigenvalue weighted by Gasteiger charge is 2.50. The second-order valence-electron chi connectivity index (χ2n) is 6.88. The molecule has 1 unspecified atom stereocenters. The van der Waals surface area contributed by atoms with E-state index in [2.05, 4.69) is 36.1 Å². The molecule has 2 aliphatic rings. The molecule has 142 valence electrons. The fourth-order valence-corrected chi connectivity index (χ4v) is 4.10. The Morgan fingerprint density at radius 2 is 2.31 bits per heavy atom. The lowest BCUT2D eigenvalue weighted by Crippen LogP contribution is -2.43. The number of fused-ring (bicyclic) bond motifs is 1. The van der Waals surface area contributed by atoms with Crippen molar-refractivity contribution in [2.45, 2.75) is 37.3 Å². The summed E-state index contributed by atoms with van der Waals surface area (Å²) in [5.74, 6) is -0.0998. The minimum Gasteiger partial charge on any atom is -0.368 e. The maximum Gasteiger partial charge on any atom is 0.256 e. The Labute approximate surface area is 166 Å². The van der Waals surface area contributed by atoms with Crippen molar-refractivity contribution in [3.05, 3.63) is 16.9 Å². The number of ether oxygens (including phenoxy) is 1. The summed E-state index contributed by atoms with van der Waals surface area (Å²) in [6.45, 7) is 1.73. The van der Waals surface area contributed by atoms with Gasteiger partial charge in [-0.25, -0.2) is 4.98 Å². The molecule has 4 N–H and O–H groups in total. The van der Waals surface area contributed by atoms with Crippen LogP contribution in [0.3, 0.4) is 0 Å². The monoisotopic (exact) mass is 443 g/mol. The van der Waals surface area contributed by atoms with Crippen LogP contribution in [-0.2, 0) is 9.53 Å². The molecule has 3 heterocycles. The zero-order valence-electron chi connectivity index (χ0n) is 14.5. The fraction of sp³-hybridized carbons (Fsp3) is 0.529. The molecule has 1 saturated carbocycles. The number of carbonyl (C=O) groups is 1. The molecule has 0 bridgehead atoms. The number of methoxy groups -OCH3 is 1. The zero-order valence-corrected chi connectivity index (χ0v) is 17.0. The van der Waals surface area contributed by atoms with Crippen molar-refractivity contribution in [1.82, 2.24) is 9.97 Å². The Bertz CT molecular complexity index is 823. The molecule has 1 saturated heterocycles. The molecule has 1 aliphatic carbocycles. The number of H-pyrrole nitrogens is 1. The molecule has 9 heteroatoms.